The second-order valence-electron chi connectivity index (χ2n) is 4.53. The number of hydrogen-bond donors (Lipinski definition) is 0. The van der Waals surface area contributed by atoms with Crippen LogP contribution < -0.4 is 0 Å². The predicted octanol–water partition coefficient (Wildman–Crippen LogP) is 4.25. The highest BCUT2D eigenvalue weighted by molar-refractivity contribution is 6.78. The summed E-state index contributed by atoms with van der Waals surface area (Å²) >= 11 is 0. The Morgan fingerprint density at radius 1 is 0.824 bits per heavy atom. The second-order valence-corrected chi connectivity index (χ2v) is 7.46. The van der Waals surface area contributed by atoms with E-state index >= 15 is 0 Å². The first kappa shape index (κ1) is 11.9. The highest BCUT2D eigenvalue weighted by Gasteiger charge is 2.06. The first-order valence-electron chi connectivity index (χ1n) is 6.09. The van der Waals surface area contributed by atoms with Gasteiger partial charge < -0.3 is 0 Å². The van der Waals surface area contributed by atoms with E-state index in [1.165, 1.54) is 16.3 Å². The fraction of sp³-hybridized carbons (Fsp3) is 0.125. The average Bonchev–Trinajstić information content (AvgIpc) is 2.38. The number of benzene rings is 2. The largest absolute Gasteiger partial charge is 0.0682 e. The lowest BCUT2D eigenvalue weighted by atomic mass is 10.1. The van der Waals surface area contributed by atoms with Gasteiger partial charge in [0.2, 0.25) is 0 Å². The molecule has 86 valence electrons. The van der Waals surface area contributed by atoms with E-state index in [0.717, 1.165) is 0 Å². The third-order valence-electron chi connectivity index (χ3n) is 2.85. The summed E-state index contributed by atoms with van der Waals surface area (Å²) in [5, 5.41) is 1.52. The summed E-state index contributed by atoms with van der Waals surface area (Å²) in [6.07, 6.45) is 2.34. The fourth-order valence-electron chi connectivity index (χ4n) is 1.94. The maximum absolute atomic E-state index is 2.38. The van der Waals surface area contributed by atoms with Crippen molar-refractivity contribution in [3.8, 4) is 0 Å². The molecule has 1 heteroatoms. The zero-order valence-electron chi connectivity index (χ0n) is 10.4. The Bertz CT molecular complexity index is 483. The minimum Gasteiger partial charge on any atom is -0.0682 e. The molecular formula is C16H18Si. The molecule has 0 N–H and O–H groups in total. The Morgan fingerprint density at radius 3 is 1.88 bits per heavy atom. The van der Waals surface area contributed by atoms with Gasteiger partial charge in [-0.2, -0.15) is 0 Å². The highest BCUT2D eigenvalue weighted by atomic mass is 28.3. The molecule has 2 aromatic carbocycles. The van der Waals surface area contributed by atoms with Crippen LogP contribution in [0.15, 0.2) is 60.7 Å². The predicted molar refractivity (Wildman–Crippen MR) is 79.6 cm³/mol. The Balaban J connectivity index is 2.40. The van der Waals surface area contributed by atoms with Gasteiger partial charge in [0.1, 0.15) is 0 Å². The molecule has 0 saturated heterocycles. The third-order valence-corrected chi connectivity index (χ3v) is 4.59. The van der Waals surface area contributed by atoms with Crippen molar-refractivity contribution in [1.82, 2.24) is 0 Å². The van der Waals surface area contributed by atoms with Gasteiger partial charge in [-0.3, -0.25) is 0 Å². The molecule has 0 aliphatic heterocycles. The van der Waals surface area contributed by atoms with Crippen LogP contribution >= 0.6 is 0 Å². The third kappa shape index (κ3) is 3.18. The van der Waals surface area contributed by atoms with Crippen LogP contribution in [0, 0.1) is 0 Å². The summed E-state index contributed by atoms with van der Waals surface area (Å²) in [6.45, 7) is 4.75. The maximum Gasteiger partial charge on any atom is 0.0655 e. The molecule has 0 spiro atoms. The molecule has 17 heavy (non-hydrogen) atoms. The molecular weight excluding hydrogens is 220 g/mol. The average molecular weight is 238 g/mol. The van der Waals surface area contributed by atoms with E-state index in [1.54, 1.807) is 0 Å². The van der Waals surface area contributed by atoms with Crippen LogP contribution in [-0.2, 0) is 0 Å². The second kappa shape index (κ2) is 5.64. The minimum atomic E-state index is -0.821. The lowest BCUT2D eigenvalue weighted by Crippen LogP contribution is -2.04. The summed E-state index contributed by atoms with van der Waals surface area (Å²) in [7, 11) is -0.821. The zero-order valence-corrected chi connectivity index (χ0v) is 11.6. The Morgan fingerprint density at radius 2 is 1.35 bits per heavy atom. The van der Waals surface area contributed by atoms with E-state index in [9.17, 15) is 0 Å². The summed E-state index contributed by atoms with van der Waals surface area (Å²) in [4.78, 5) is 0. The normalized spacial score (nSPS) is 11.8. The monoisotopic (exact) mass is 238 g/mol. The topological polar surface area (TPSA) is 0 Å². The Labute approximate surface area is 105 Å². The highest BCUT2D eigenvalue weighted by Crippen LogP contribution is 2.20. The molecule has 2 aromatic rings. The van der Waals surface area contributed by atoms with Gasteiger partial charge in [-0.05, 0) is 11.1 Å². The van der Waals surface area contributed by atoms with Crippen LogP contribution in [0.2, 0.25) is 13.1 Å². The van der Waals surface area contributed by atoms with Crippen molar-refractivity contribution >= 4 is 20.1 Å². The van der Waals surface area contributed by atoms with Crippen LogP contribution in [0.5, 0.6) is 0 Å². The van der Waals surface area contributed by atoms with Crippen LogP contribution in [0.4, 0.5) is 0 Å². The van der Waals surface area contributed by atoms with Gasteiger partial charge in [-0.15, -0.1) is 0 Å². The zero-order chi connectivity index (χ0) is 12.1. The van der Waals surface area contributed by atoms with E-state index in [0.29, 0.717) is 0 Å². The van der Waals surface area contributed by atoms with Crippen molar-refractivity contribution in [3.05, 3.63) is 71.8 Å². The van der Waals surface area contributed by atoms with Gasteiger partial charge in [0.15, 0.2) is 0 Å². The number of rotatable bonds is 3. The van der Waals surface area contributed by atoms with Gasteiger partial charge in [0, 0.05) is 0 Å². The van der Waals surface area contributed by atoms with E-state index in [4.69, 9.17) is 0 Å². The Hall–Kier alpha value is -1.60. The lowest BCUT2D eigenvalue weighted by molar-refractivity contribution is 1.63. The van der Waals surface area contributed by atoms with Gasteiger partial charge >= 0.3 is 0 Å². The minimum absolute atomic E-state index is 0.821. The van der Waals surface area contributed by atoms with Crippen LogP contribution in [-0.4, -0.2) is 8.80 Å². The molecule has 0 atom stereocenters. The first-order chi connectivity index (χ1) is 8.27. The van der Waals surface area contributed by atoms with Crippen molar-refractivity contribution in [2.75, 3.05) is 0 Å². The van der Waals surface area contributed by atoms with Crippen molar-refractivity contribution in [3.63, 3.8) is 0 Å². The molecule has 0 nitrogen and oxygen atoms in total. The molecule has 0 radical (unpaired) electrons. The van der Waals surface area contributed by atoms with E-state index < -0.39 is 8.80 Å². The van der Waals surface area contributed by atoms with Crippen molar-refractivity contribution < 1.29 is 0 Å². The lowest BCUT2D eigenvalue weighted by Gasteiger charge is -2.11. The molecule has 0 heterocycles. The SMILES string of the molecule is C[SiH](C)C(=Cc1ccccc1)c1ccccc1. The molecule has 0 saturated carbocycles. The molecule has 0 aromatic heterocycles. The molecule has 0 aliphatic rings. The summed E-state index contributed by atoms with van der Waals surface area (Å²) in [5.41, 5.74) is 2.67. The van der Waals surface area contributed by atoms with Crippen molar-refractivity contribution in [2.24, 2.45) is 0 Å². The van der Waals surface area contributed by atoms with E-state index in [-0.39, 0.29) is 0 Å². The van der Waals surface area contributed by atoms with E-state index in [2.05, 4.69) is 79.8 Å². The van der Waals surface area contributed by atoms with Gasteiger partial charge in [-0.1, -0.05) is 85.0 Å². The standard InChI is InChI=1S/C16H18Si/c1-17(2)16(15-11-7-4-8-12-15)13-14-9-5-3-6-10-14/h3-13,17H,1-2H3. The molecule has 0 unspecified atom stereocenters. The first-order valence-corrected chi connectivity index (χ1v) is 8.98. The Kier molecular flexibility index (Phi) is 3.94. The molecule has 2 rings (SSSR count). The van der Waals surface area contributed by atoms with Crippen molar-refractivity contribution in [2.45, 2.75) is 13.1 Å². The molecule has 0 bridgehead atoms. The summed E-state index contributed by atoms with van der Waals surface area (Å²) in [6, 6.07) is 21.3. The fourth-order valence-corrected chi connectivity index (χ4v) is 3.33. The quantitative estimate of drug-likeness (QED) is 0.554. The molecule has 0 fully saturated rings. The molecule has 0 aliphatic carbocycles. The van der Waals surface area contributed by atoms with Crippen LogP contribution in [0.1, 0.15) is 11.1 Å². The van der Waals surface area contributed by atoms with Crippen LogP contribution in [0.3, 0.4) is 0 Å². The molecule has 0 amide bonds. The van der Waals surface area contributed by atoms with Gasteiger partial charge in [0.05, 0.1) is 8.80 Å². The number of hydrogen-bond acceptors (Lipinski definition) is 0. The van der Waals surface area contributed by atoms with Crippen LogP contribution in [0.25, 0.3) is 11.3 Å². The van der Waals surface area contributed by atoms with Gasteiger partial charge in [0.25, 0.3) is 0 Å². The summed E-state index contributed by atoms with van der Waals surface area (Å²) in [5.74, 6) is 0. The van der Waals surface area contributed by atoms with Gasteiger partial charge in [-0.25, -0.2) is 0 Å². The van der Waals surface area contributed by atoms with E-state index in [1.807, 2.05) is 0 Å². The van der Waals surface area contributed by atoms with Crippen molar-refractivity contribution in [1.29, 1.82) is 0 Å². The summed E-state index contributed by atoms with van der Waals surface area (Å²) < 4.78 is 0. The smallest absolute Gasteiger partial charge is 0.0655 e. The maximum atomic E-state index is 2.38.